The number of hydrogen-bond acceptors (Lipinski definition) is 8. The summed E-state index contributed by atoms with van der Waals surface area (Å²) < 4.78 is 13.6. The summed E-state index contributed by atoms with van der Waals surface area (Å²) in [6, 6.07) is 120. The lowest BCUT2D eigenvalue weighted by Gasteiger charge is -2.25. The second-order valence-corrected chi connectivity index (χ2v) is 26.2. The lowest BCUT2D eigenvalue weighted by Crippen LogP contribution is -2.34. The fourth-order valence-corrected chi connectivity index (χ4v) is 15.2. The van der Waals surface area contributed by atoms with Crippen LogP contribution in [0, 0.1) is 0 Å². The summed E-state index contributed by atoms with van der Waals surface area (Å²) in [4.78, 5) is 26.5. The van der Waals surface area contributed by atoms with Crippen LogP contribution in [0.4, 0.5) is 0 Å². The zero-order valence-electron chi connectivity index (χ0n) is 55.0. The van der Waals surface area contributed by atoms with Gasteiger partial charge in [-0.3, -0.25) is 0 Å². The van der Waals surface area contributed by atoms with Gasteiger partial charge in [0.05, 0.1) is 0 Å². The van der Waals surface area contributed by atoms with Crippen LogP contribution in [0.1, 0.15) is 22.9 Å². The van der Waals surface area contributed by atoms with E-state index in [9.17, 15) is 0 Å². The summed E-state index contributed by atoms with van der Waals surface area (Å²) >= 11 is 0. The molecular weight excluding hydrogens is 1250 g/mol. The lowest BCUT2D eigenvalue weighted by atomic mass is 9.88. The van der Waals surface area contributed by atoms with Crippen LogP contribution >= 0.6 is 0 Å². The van der Waals surface area contributed by atoms with Crippen LogP contribution in [-0.4, -0.2) is 26.6 Å². The first-order chi connectivity index (χ1) is 50.5. The standard InChI is InChI=1S/C94H58N6O2/c1-5-19-57(20-6-1)59-35-41-64(42-36-59)91-95-89(62-23-9-3-10-24-62)97-93(98-91)77-31-18-34-83-87(77)85-75(30-17-33-82(85)102-83)80-56-68-27-13-14-28-71(68)74-50-48-67(54-79(74)80)66-47-49-72-69(53-66)45-39-61-40-46-70(55-78(61)72)73-51-52-84-86(76-29-15-16-32-81(76)101-84)88(73)94-99-90(63-25-11-4-12-26-63)96-92(100-94)65-43-37-60(38-44-65)58-21-7-2-8-22-58/h1-56,92H,(H,96,99,100). The SMILES string of the molecule is c1ccc(C2=NC(c3ccc(-c4ccccc4)cc3)NC(c3c(-c4ccc5ccc6cc(-c7ccc8c(c7)c(-c7cccc9oc%10cccc(-c%11nc(-c%12ccccc%12)nc(-c%12ccc(-c%13ccccc%13)cc%12)n%11)c%10c79)cc7ccccc78)ccc6c5c4)ccc4oc5ccccc5c34)=N2)cc1. The Morgan fingerprint density at radius 2 is 0.735 bits per heavy atom. The van der Waals surface area contributed by atoms with E-state index in [1.54, 1.807) is 0 Å². The molecule has 8 nitrogen and oxygen atoms in total. The summed E-state index contributed by atoms with van der Waals surface area (Å²) in [6.07, 6.45) is -0.435. The van der Waals surface area contributed by atoms with Crippen LogP contribution in [0.15, 0.2) is 359 Å². The van der Waals surface area contributed by atoms with E-state index in [1.807, 2.05) is 72.8 Å². The molecule has 0 spiro atoms. The highest BCUT2D eigenvalue weighted by Crippen LogP contribution is 2.47. The molecule has 1 aliphatic heterocycles. The third-order valence-corrected chi connectivity index (χ3v) is 20.2. The van der Waals surface area contributed by atoms with E-state index in [4.69, 9.17) is 33.8 Å². The summed E-state index contributed by atoms with van der Waals surface area (Å²) in [5, 5.41) is 17.0. The second-order valence-electron chi connectivity index (χ2n) is 26.2. The van der Waals surface area contributed by atoms with E-state index in [0.29, 0.717) is 23.3 Å². The van der Waals surface area contributed by atoms with Gasteiger partial charge in [0.2, 0.25) is 0 Å². The van der Waals surface area contributed by atoms with Crippen molar-refractivity contribution >= 4 is 98.6 Å². The van der Waals surface area contributed by atoms with Crippen molar-refractivity contribution in [2.75, 3.05) is 0 Å². The molecule has 3 aromatic heterocycles. The molecule has 1 atom stereocenters. The topological polar surface area (TPSA) is 102 Å². The third kappa shape index (κ3) is 10.1. The summed E-state index contributed by atoms with van der Waals surface area (Å²) in [5.74, 6) is 3.10. The van der Waals surface area contributed by atoms with Crippen molar-refractivity contribution in [3.8, 4) is 89.8 Å². The minimum atomic E-state index is -0.435. The van der Waals surface area contributed by atoms with Crippen molar-refractivity contribution in [1.82, 2.24) is 20.3 Å². The van der Waals surface area contributed by atoms with Crippen molar-refractivity contribution in [1.29, 1.82) is 0 Å². The van der Waals surface area contributed by atoms with Gasteiger partial charge in [-0.15, -0.1) is 0 Å². The zero-order valence-corrected chi connectivity index (χ0v) is 55.0. The minimum absolute atomic E-state index is 0.435. The average molecular weight is 1300 g/mol. The van der Waals surface area contributed by atoms with E-state index < -0.39 is 6.17 Å². The number of aliphatic imine (C=N–C) groups is 2. The number of fused-ring (bicyclic) bond motifs is 12. The molecule has 102 heavy (non-hydrogen) atoms. The average Bonchev–Trinajstić information content (AvgIpc) is 1.49. The highest BCUT2D eigenvalue weighted by Gasteiger charge is 2.28. The maximum Gasteiger partial charge on any atom is 0.164 e. The Hall–Kier alpha value is -13.7. The minimum Gasteiger partial charge on any atom is -0.456 e. The summed E-state index contributed by atoms with van der Waals surface area (Å²) in [5.41, 5.74) is 19.7. The molecule has 1 unspecified atom stereocenters. The Balaban J connectivity index is 0.708. The fraction of sp³-hybridized carbons (Fsp3) is 0.0106. The predicted octanol–water partition coefficient (Wildman–Crippen LogP) is 24.1. The second kappa shape index (κ2) is 24.1. The molecule has 20 rings (SSSR count). The Morgan fingerprint density at radius 1 is 0.255 bits per heavy atom. The van der Waals surface area contributed by atoms with E-state index >= 15 is 0 Å². The molecular formula is C94H58N6O2. The molecule has 1 N–H and O–H groups in total. The Labute approximate surface area is 586 Å². The van der Waals surface area contributed by atoms with Crippen molar-refractivity contribution in [2.45, 2.75) is 6.17 Å². The van der Waals surface area contributed by atoms with E-state index in [-0.39, 0.29) is 0 Å². The Morgan fingerprint density at radius 3 is 1.46 bits per heavy atom. The quantitative estimate of drug-likeness (QED) is 0.129. The van der Waals surface area contributed by atoms with E-state index in [2.05, 4.69) is 272 Å². The Kier molecular flexibility index (Phi) is 13.8. The van der Waals surface area contributed by atoms with Gasteiger partial charge in [-0.25, -0.2) is 24.9 Å². The van der Waals surface area contributed by atoms with Crippen LogP contribution in [0.5, 0.6) is 0 Å². The molecule has 19 aromatic rings. The van der Waals surface area contributed by atoms with Gasteiger partial charge >= 0.3 is 0 Å². The molecule has 0 bridgehead atoms. The van der Waals surface area contributed by atoms with Gasteiger partial charge in [-0.1, -0.05) is 285 Å². The molecule has 476 valence electrons. The number of nitrogens with one attached hydrogen (secondary N) is 1. The first kappa shape index (κ1) is 58.5. The first-order valence-corrected chi connectivity index (χ1v) is 34.5. The van der Waals surface area contributed by atoms with Crippen LogP contribution in [0.2, 0.25) is 0 Å². The maximum atomic E-state index is 6.89. The number of para-hydroxylation sites is 1. The summed E-state index contributed by atoms with van der Waals surface area (Å²) in [6.45, 7) is 0. The van der Waals surface area contributed by atoms with Crippen LogP contribution < -0.4 is 5.32 Å². The van der Waals surface area contributed by atoms with Gasteiger partial charge in [0, 0.05) is 49.4 Å². The lowest BCUT2D eigenvalue weighted by molar-refractivity contribution is 0.667. The molecule has 1 aliphatic rings. The molecule has 16 aromatic carbocycles. The normalized spacial score (nSPS) is 13.2. The van der Waals surface area contributed by atoms with Gasteiger partial charge in [0.15, 0.2) is 23.3 Å². The van der Waals surface area contributed by atoms with Crippen LogP contribution in [0.25, 0.3) is 177 Å². The highest BCUT2D eigenvalue weighted by atomic mass is 16.3. The van der Waals surface area contributed by atoms with Crippen molar-refractivity contribution < 1.29 is 8.83 Å². The molecule has 4 heterocycles. The zero-order chi connectivity index (χ0) is 67.2. The van der Waals surface area contributed by atoms with E-state index in [1.165, 1.54) is 5.39 Å². The van der Waals surface area contributed by atoms with Crippen molar-refractivity contribution in [3.63, 3.8) is 0 Å². The molecule has 0 aliphatic carbocycles. The van der Waals surface area contributed by atoms with E-state index in [0.717, 1.165) is 176 Å². The van der Waals surface area contributed by atoms with Gasteiger partial charge < -0.3 is 14.2 Å². The highest BCUT2D eigenvalue weighted by molar-refractivity contribution is 6.26. The van der Waals surface area contributed by atoms with Crippen LogP contribution in [0.3, 0.4) is 0 Å². The molecule has 0 fully saturated rings. The molecule has 0 saturated carbocycles. The third-order valence-electron chi connectivity index (χ3n) is 20.2. The van der Waals surface area contributed by atoms with Crippen molar-refractivity contribution in [2.24, 2.45) is 9.98 Å². The number of nitrogens with zero attached hydrogens (tertiary/aromatic N) is 5. The number of benzene rings is 16. The Bertz CT molecular complexity index is 6620. The largest absolute Gasteiger partial charge is 0.456 e. The first-order valence-electron chi connectivity index (χ1n) is 34.5. The fourth-order valence-electron chi connectivity index (χ4n) is 15.2. The van der Waals surface area contributed by atoms with Crippen molar-refractivity contribution in [3.05, 3.63) is 356 Å². The monoisotopic (exact) mass is 1300 g/mol. The number of furan rings is 2. The number of hydrogen-bond donors (Lipinski definition) is 1. The number of amidine groups is 2. The van der Waals surface area contributed by atoms with Gasteiger partial charge in [-0.2, -0.15) is 0 Å². The molecule has 0 amide bonds. The summed E-state index contributed by atoms with van der Waals surface area (Å²) in [7, 11) is 0. The van der Waals surface area contributed by atoms with Gasteiger partial charge in [0.1, 0.15) is 34.3 Å². The van der Waals surface area contributed by atoms with Crippen LogP contribution in [-0.2, 0) is 0 Å². The predicted molar refractivity (Wildman–Crippen MR) is 420 cm³/mol. The molecule has 0 radical (unpaired) electrons. The van der Waals surface area contributed by atoms with Gasteiger partial charge in [0.25, 0.3) is 0 Å². The smallest absolute Gasteiger partial charge is 0.164 e. The number of rotatable bonds is 11. The molecule has 8 heteroatoms. The molecule has 0 saturated heterocycles. The maximum absolute atomic E-state index is 6.89. The van der Waals surface area contributed by atoms with Gasteiger partial charge in [-0.05, 0) is 159 Å². The number of aromatic nitrogens is 3.